The Kier molecular flexibility index (Phi) is 5.26. The minimum atomic E-state index is -0.446. The molecule has 1 unspecified atom stereocenters. The van der Waals surface area contributed by atoms with E-state index in [9.17, 15) is 15.3 Å². The van der Waals surface area contributed by atoms with Gasteiger partial charge in [0, 0.05) is 24.2 Å². The number of hydrogen-bond acceptors (Lipinski definition) is 5. The maximum absolute atomic E-state index is 10.7. The van der Waals surface area contributed by atoms with E-state index in [-0.39, 0.29) is 16.6 Å². The van der Waals surface area contributed by atoms with Gasteiger partial charge in [-0.1, -0.05) is 30.9 Å². The minimum absolute atomic E-state index is 0.0252. The predicted octanol–water partition coefficient (Wildman–Crippen LogP) is 3.26. The number of non-ortho nitro benzene ring substituents is 1. The Morgan fingerprint density at radius 1 is 1.43 bits per heavy atom. The van der Waals surface area contributed by atoms with Gasteiger partial charge in [-0.2, -0.15) is 0 Å². The molecule has 8 heteroatoms. The first-order valence-corrected chi connectivity index (χ1v) is 8.55. The third-order valence-corrected chi connectivity index (χ3v) is 5.23. The van der Waals surface area contributed by atoms with Crippen LogP contribution < -0.4 is 0 Å². The van der Waals surface area contributed by atoms with Crippen molar-refractivity contribution in [3.8, 4) is 0 Å². The van der Waals surface area contributed by atoms with Gasteiger partial charge < -0.3 is 0 Å². The van der Waals surface area contributed by atoms with Crippen LogP contribution in [0.2, 0.25) is 0 Å². The van der Waals surface area contributed by atoms with Crippen LogP contribution in [0.15, 0.2) is 24.3 Å². The van der Waals surface area contributed by atoms with Crippen molar-refractivity contribution in [1.29, 1.82) is 0 Å². The van der Waals surface area contributed by atoms with Crippen LogP contribution in [0.4, 0.5) is 5.69 Å². The van der Waals surface area contributed by atoms with Crippen LogP contribution in [0.5, 0.6) is 0 Å². The largest absolute Gasteiger partial charge is 0.295 e. The fraction of sp³-hybridized carbons (Fsp3) is 0.467. The van der Waals surface area contributed by atoms with Gasteiger partial charge in [-0.25, -0.2) is 0 Å². The molecule has 1 atom stereocenters. The van der Waals surface area contributed by atoms with Crippen LogP contribution >= 0.6 is 24.0 Å². The van der Waals surface area contributed by atoms with Crippen molar-refractivity contribution in [1.82, 2.24) is 4.90 Å². The highest BCUT2D eigenvalue weighted by atomic mass is 32.2. The molecule has 2 rings (SSSR count). The number of nitro benzene ring substituents is 1. The third kappa shape index (κ3) is 3.81. The molecular weight excluding hydrogens is 334 g/mol. The van der Waals surface area contributed by atoms with Crippen LogP contribution in [0.3, 0.4) is 0 Å². The molecule has 1 saturated heterocycles. The number of hydroxylamine groups is 1. The predicted molar refractivity (Wildman–Crippen MR) is 95.4 cm³/mol. The standard InChI is InChI=1S/C15H20N3O3S2/c1-4-9-16-13(15(2,3)23-14(16)22)17(19)10-11-5-7-12(8-6-11)18(20)21/h5-8,10,13,19H,4,9H2,1-3H3/q+1. The van der Waals surface area contributed by atoms with E-state index in [4.69, 9.17) is 12.2 Å². The first-order chi connectivity index (χ1) is 10.8. The van der Waals surface area contributed by atoms with Crippen molar-refractivity contribution < 1.29 is 14.9 Å². The second kappa shape index (κ2) is 6.84. The number of nitrogens with zero attached hydrogens (tertiary/aromatic N) is 3. The molecule has 6 nitrogen and oxygen atoms in total. The highest BCUT2D eigenvalue weighted by Crippen LogP contribution is 2.41. The Morgan fingerprint density at radius 2 is 2.04 bits per heavy atom. The Balaban J connectivity index is 2.30. The molecule has 1 aromatic rings. The van der Waals surface area contributed by atoms with Gasteiger partial charge in [-0.05, 0) is 37.1 Å². The molecule has 1 fully saturated rings. The zero-order valence-corrected chi connectivity index (χ0v) is 14.9. The monoisotopic (exact) mass is 354 g/mol. The summed E-state index contributed by atoms with van der Waals surface area (Å²) < 4.78 is 1.67. The number of thiocarbonyl (C=S) groups is 1. The Morgan fingerprint density at radius 3 is 2.57 bits per heavy atom. The first-order valence-electron chi connectivity index (χ1n) is 7.32. The van der Waals surface area contributed by atoms with Gasteiger partial charge in [0.05, 0.1) is 4.92 Å². The summed E-state index contributed by atoms with van der Waals surface area (Å²) >= 11 is 6.99. The summed E-state index contributed by atoms with van der Waals surface area (Å²) in [6.07, 6.45) is 2.22. The van der Waals surface area contributed by atoms with E-state index in [1.54, 1.807) is 30.1 Å². The quantitative estimate of drug-likeness (QED) is 0.219. The van der Waals surface area contributed by atoms with Crippen LogP contribution in [0.25, 0.3) is 0 Å². The second-order valence-corrected chi connectivity index (χ2v) is 8.18. The van der Waals surface area contributed by atoms with Crippen molar-refractivity contribution in [2.45, 2.75) is 38.1 Å². The van der Waals surface area contributed by atoms with Gasteiger partial charge in [-0.3, -0.25) is 20.2 Å². The molecule has 0 saturated carbocycles. The van der Waals surface area contributed by atoms with Crippen LogP contribution in [-0.2, 0) is 0 Å². The van der Waals surface area contributed by atoms with E-state index >= 15 is 0 Å². The summed E-state index contributed by atoms with van der Waals surface area (Å²) in [4.78, 5) is 12.3. The lowest BCUT2D eigenvalue weighted by atomic mass is 10.1. The molecule has 0 bridgehead atoms. The molecule has 0 spiro atoms. The number of thioether (sulfide) groups is 1. The van der Waals surface area contributed by atoms with Crippen molar-refractivity contribution in [3.63, 3.8) is 0 Å². The van der Waals surface area contributed by atoms with Crippen molar-refractivity contribution in [2.75, 3.05) is 6.54 Å². The number of benzene rings is 1. The normalized spacial score (nSPS) is 20.8. The number of rotatable bonds is 5. The summed E-state index contributed by atoms with van der Waals surface area (Å²) in [5.74, 6) is 0. The van der Waals surface area contributed by atoms with Gasteiger partial charge in [0.25, 0.3) is 11.9 Å². The molecule has 0 aliphatic carbocycles. The molecular formula is C15H20N3O3S2+. The molecule has 124 valence electrons. The molecule has 23 heavy (non-hydrogen) atoms. The summed E-state index contributed by atoms with van der Waals surface area (Å²) in [5, 5.41) is 21.3. The smallest absolute Gasteiger partial charge is 0.292 e. The van der Waals surface area contributed by atoms with Crippen molar-refractivity contribution in [3.05, 3.63) is 39.9 Å². The molecule has 0 aromatic heterocycles. The van der Waals surface area contributed by atoms with Crippen LogP contribution in [-0.4, -0.2) is 47.8 Å². The van der Waals surface area contributed by atoms with E-state index in [0.29, 0.717) is 5.56 Å². The Hall–Kier alpha value is -1.67. The maximum Gasteiger partial charge on any atom is 0.292 e. The summed E-state index contributed by atoms with van der Waals surface area (Å²) in [7, 11) is 0. The molecule has 1 aliphatic rings. The third-order valence-electron chi connectivity index (χ3n) is 3.60. The lowest BCUT2D eigenvalue weighted by Gasteiger charge is -2.24. The summed E-state index contributed by atoms with van der Waals surface area (Å²) in [6.45, 7) is 6.91. The molecule has 0 amide bonds. The van der Waals surface area contributed by atoms with Crippen molar-refractivity contribution >= 4 is 40.2 Å². The summed E-state index contributed by atoms with van der Waals surface area (Å²) in [5.41, 5.74) is 0.713. The zero-order valence-electron chi connectivity index (χ0n) is 13.3. The van der Waals surface area contributed by atoms with Crippen LogP contribution in [0, 0.1) is 10.1 Å². The van der Waals surface area contributed by atoms with E-state index in [1.165, 1.54) is 12.1 Å². The lowest BCUT2D eigenvalue weighted by Crippen LogP contribution is -2.48. The van der Waals surface area contributed by atoms with Crippen molar-refractivity contribution in [2.24, 2.45) is 0 Å². The average Bonchev–Trinajstić information content (AvgIpc) is 2.69. The van der Waals surface area contributed by atoms with E-state index in [0.717, 1.165) is 22.0 Å². The number of nitro groups is 1. The van der Waals surface area contributed by atoms with Gasteiger partial charge in [-0.15, -0.1) is 0 Å². The van der Waals surface area contributed by atoms with Gasteiger partial charge in [0.2, 0.25) is 6.21 Å². The minimum Gasteiger partial charge on any atom is -0.295 e. The zero-order chi connectivity index (χ0) is 17.2. The van der Waals surface area contributed by atoms with Gasteiger partial charge in [0.1, 0.15) is 9.07 Å². The molecule has 1 N–H and O–H groups in total. The van der Waals surface area contributed by atoms with Gasteiger partial charge in [0.15, 0.2) is 0 Å². The SMILES string of the molecule is CCCN1C(=S)SC(C)(C)C1[N+](O)=Cc1ccc([N+](=O)[O-])cc1. The molecule has 1 heterocycles. The highest BCUT2D eigenvalue weighted by molar-refractivity contribution is 8.24. The topological polar surface area (TPSA) is 69.6 Å². The van der Waals surface area contributed by atoms with Crippen LogP contribution in [0.1, 0.15) is 32.8 Å². The molecule has 0 radical (unpaired) electrons. The van der Waals surface area contributed by atoms with E-state index in [2.05, 4.69) is 6.92 Å². The lowest BCUT2D eigenvalue weighted by molar-refractivity contribution is -0.808. The van der Waals surface area contributed by atoms with Gasteiger partial charge >= 0.3 is 0 Å². The fourth-order valence-electron chi connectivity index (χ4n) is 2.63. The maximum atomic E-state index is 10.7. The highest BCUT2D eigenvalue weighted by Gasteiger charge is 2.52. The fourth-order valence-corrected chi connectivity index (χ4v) is 4.57. The summed E-state index contributed by atoms with van der Waals surface area (Å²) in [6, 6.07) is 6.06. The Bertz CT molecular complexity index is 644. The average molecular weight is 354 g/mol. The van der Waals surface area contributed by atoms with E-state index < -0.39 is 4.92 Å². The molecule has 1 aromatic carbocycles. The number of hydrogen-bond donors (Lipinski definition) is 1. The Labute approximate surface area is 144 Å². The van der Waals surface area contributed by atoms with E-state index in [1.807, 2.05) is 18.7 Å². The first kappa shape index (κ1) is 17.7. The molecule has 1 aliphatic heterocycles. The second-order valence-electron chi connectivity index (χ2n) is 5.90.